The number of methoxy groups -OCH3 is 1. The van der Waals surface area contributed by atoms with Gasteiger partial charge in [-0.1, -0.05) is 65.9 Å². The van der Waals surface area contributed by atoms with Gasteiger partial charge < -0.3 is 18.9 Å². The SMILES string of the molecule is CCOC(=O)C1=C(C)N=c2s/c(=C/c3c(OCc4ccccc4F)ccc4ccccc34)c(=O)n2[C@@H]1c1ccc(OC(C)C)c(OC)c1. The first kappa shape index (κ1) is 32.7. The van der Waals surface area contributed by atoms with Crippen LogP contribution in [0, 0.1) is 5.82 Å². The molecule has 0 radical (unpaired) electrons. The Morgan fingerprint density at radius 2 is 1.77 bits per heavy atom. The third-order valence-corrected chi connectivity index (χ3v) is 8.91. The molecule has 6 rings (SSSR count). The zero-order valence-corrected chi connectivity index (χ0v) is 28.1. The van der Waals surface area contributed by atoms with E-state index in [0.717, 1.165) is 10.8 Å². The van der Waals surface area contributed by atoms with E-state index in [0.29, 0.717) is 49.0 Å². The highest BCUT2D eigenvalue weighted by molar-refractivity contribution is 7.07. The average Bonchev–Trinajstić information content (AvgIpc) is 3.38. The highest BCUT2D eigenvalue weighted by Crippen LogP contribution is 2.37. The molecule has 0 aliphatic carbocycles. The highest BCUT2D eigenvalue weighted by atomic mass is 32.1. The number of halogens is 1. The van der Waals surface area contributed by atoms with Crippen LogP contribution in [0.25, 0.3) is 16.8 Å². The Bertz CT molecular complexity index is 2240. The molecule has 1 aliphatic rings. The van der Waals surface area contributed by atoms with Crippen molar-refractivity contribution in [3.63, 3.8) is 0 Å². The number of thiazole rings is 1. The van der Waals surface area contributed by atoms with Gasteiger partial charge in [0.1, 0.15) is 18.2 Å². The molecule has 0 bridgehead atoms. The molecule has 0 spiro atoms. The number of aromatic nitrogens is 1. The summed E-state index contributed by atoms with van der Waals surface area (Å²) in [6.45, 7) is 7.48. The fourth-order valence-electron chi connectivity index (χ4n) is 5.76. The standard InChI is InChI=1S/C38H35FN2O6S/c1-6-45-37(43)34-23(4)40-38-41(35(34)25-16-18-31(47-22(2)3)32(19-25)44-5)36(42)33(48-38)20-28-27-13-9-7-11-24(27)15-17-30(28)46-21-26-12-8-10-14-29(26)39/h7-20,22,35H,6,21H2,1-5H3/b33-20+/t35-/m1/s1. The van der Waals surface area contributed by atoms with Crippen LogP contribution in [0.5, 0.6) is 17.2 Å². The first-order chi connectivity index (χ1) is 23.2. The predicted octanol–water partition coefficient (Wildman–Crippen LogP) is 6.47. The zero-order chi connectivity index (χ0) is 33.9. The molecule has 48 heavy (non-hydrogen) atoms. The third kappa shape index (κ3) is 6.35. The van der Waals surface area contributed by atoms with Crippen LogP contribution in [-0.2, 0) is 16.1 Å². The van der Waals surface area contributed by atoms with Crippen molar-refractivity contribution in [1.82, 2.24) is 4.57 Å². The Morgan fingerprint density at radius 3 is 2.52 bits per heavy atom. The minimum atomic E-state index is -0.839. The summed E-state index contributed by atoms with van der Waals surface area (Å²) in [6, 6.07) is 22.5. The van der Waals surface area contributed by atoms with E-state index < -0.39 is 12.0 Å². The van der Waals surface area contributed by atoms with Gasteiger partial charge in [-0.2, -0.15) is 0 Å². The summed E-state index contributed by atoms with van der Waals surface area (Å²) in [7, 11) is 1.54. The Labute approximate surface area is 281 Å². The largest absolute Gasteiger partial charge is 0.493 e. The number of fused-ring (bicyclic) bond motifs is 2. The van der Waals surface area contributed by atoms with E-state index in [-0.39, 0.29) is 36.3 Å². The lowest BCUT2D eigenvalue weighted by molar-refractivity contribution is -0.139. The number of ether oxygens (including phenoxy) is 4. The van der Waals surface area contributed by atoms with Gasteiger partial charge in [0, 0.05) is 11.1 Å². The van der Waals surface area contributed by atoms with Crippen LogP contribution in [0.2, 0.25) is 0 Å². The van der Waals surface area contributed by atoms with Crippen LogP contribution < -0.4 is 29.1 Å². The monoisotopic (exact) mass is 666 g/mol. The molecule has 5 aromatic rings. The van der Waals surface area contributed by atoms with E-state index >= 15 is 0 Å². The van der Waals surface area contributed by atoms with Gasteiger partial charge in [-0.3, -0.25) is 9.36 Å². The van der Waals surface area contributed by atoms with Crippen molar-refractivity contribution in [2.75, 3.05) is 13.7 Å². The van der Waals surface area contributed by atoms with Crippen LogP contribution in [0.3, 0.4) is 0 Å². The molecular weight excluding hydrogens is 631 g/mol. The Hall–Kier alpha value is -5.22. The van der Waals surface area contributed by atoms with Gasteiger partial charge in [-0.15, -0.1) is 0 Å². The van der Waals surface area contributed by atoms with Crippen molar-refractivity contribution in [1.29, 1.82) is 0 Å². The molecule has 0 amide bonds. The zero-order valence-electron chi connectivity index (χ0n) is 27.3. The van der Waals surface area contributed by atoms with Crippen LogP contribution in [-0.4, -0.2) is 30.4 Å². The Kier molecular flexibility index (Phi) is 9.45. The van der Waals surface area contributed by atoms with Crippen LogP contribution >= 0.6 is 11.3 Å². The van der Waals surface area contributed by atoms with Crippen molar-refractivity contribution >= 4 is 34.2 Å². The van der Waals surface area contributed by atoms with E-state index in [1.54, 1.807) is 57.4 Å². The maximum atomic E-state index is 14.5. The molecule has 0 saturated heterocycles. The van der Waals surface area contributed by atoms with Crippen molar-refractivity contribution in [3.8, 4) is 17.2 Å². The van der Waals surface area contributed by atoms with Crippen molar-refractivity contribution in [2.45, 2.75) is 46.4 Å². The second-order valence-corrected chi connectivity index (χ2v) is 12.5. The van der Waals surface area contributed by atoms with Crippen LogP contribution in [0.4, 0.5) is 4.39 Å². The van der Waals surface area contributed by atoms with Crippen LogP contribution in [0.15, 0.2) is 99.9 Å². The first-order valence-corrected chi connectivity index (χ1v) is 16.4. The summed E-state index contributed by atoms with van der Waals surface area (Å²) in [6.07, 6.45) is 1.69. The molecule has 0 fully saturated rings. The number of esters is 1. The molecular formula is C38H35FN2O6S. The van der Waals surface area contributed by atoms with E-state index in [1.807, 2.05) is 56.3 Å². The molecule has 4 aromatic carbocycles. The van der Waals surface area contributed by atoms with E-state index in [9.17, 15) is 14.0 Å². The average molecular weight is 667 g/mol. The second-order valence-electron chi connectivity index (χ2n) is 11.5. The summed E-state index contributed by atoms with van der Waals surface area (Å²) in [4.78, 5) is 33.0. The molecule has 2 heterocycles. The smallest absolute Gasteiger partial charge is 0.338 e. The van der Waals surface area contributed by atoms with E-state index in [2.05, 4.69) is 0 Å². The number of nitrogens with zero attached hydrogens (tertiary/aromatic N) is 2. The number of rotatable bonds is 10. The summed E-state index contributed by atoms with van der Waals surface area (Å²) >= 11 is 1.21. The summed E-state index contributed by atoms with van der Waals surface area (Å²) in [5.41, 5.74) is 2.09. The van der Waals surface area contributed by atoms with Crippen LogP contribution in [0.1, 0.15) is 50.4 Å². The summed E-state index contributed by atoms with van der Waals surface area (Å²) in [5.74, 6) is 0.585. The highest BCUT2D eigenvalue weighted by Gasteiger charge is 2.34. The molecule has 1 atom stereocenters. The molecule has 0 N–H and O–H groups in total. The van der Waals surface area contributed by atoms with Gasteiger partial charge >= 0.3 is 5.97 Å². The number of hydrogen-bond donors (Lipinski definition) is 0. The fraction of sp³-hybridized carbons (Fsp3) is 0.237. The number of benzene rings is 4. The number of carbonyl (C=O) groups excluding carboxylic acids is 1. The lowest BCUT2D eigenvalue weighted by Crippen LogP contribution is -2.40. The molecule has 246 valence electrons. The van der Waals surface area contributed by atoms with E-state index in [4.69, 9.17) is 23.9 Å². The normalized spacial score (nSPS) is 14.6. The quantitative estimate of drug-likeness (QED) is 0.159. The molecule has 0 saturated carbocycles. The van der Waals surface area contributed by atoms with Gasteiger partial charge in [-0.25, -0.2) is 14.2 Å². The third-order valence-electron chi connectivity index (χ3n) is 7.93. The minimum Gasteiger partial charge on any atom is -0.493 e. The lowest BCUT2D eigenvalue weighted by Gasteiger charge is -2.25. The maximum Gasteiger partial charge on any atom is 0.338 e. The van der Waals surface area contributed by atoms with Crippen molar-refractivity contribution < 1.29 is 28.1 Å². The Morgan fingerprint density at radius 1 is 1.02 bits per heavy atom. The number of allylic oxidation sites excluding steroid dienone is 1. The van der Waals surface area contributed by atoms with Gasteiger partial charge in [0.15, 0.2) is 16.3 Å². The minimum absolute atomic E-state index is 0.00749. The number of hydrogen-bond acceptors (Lipinski definition) is 8. The Balaban J connectivity index is 1.53. The molecule has 8 nitrogen and oxygen atoms in total. The fourth-order valence-corrected chi connectivity index (χ4v) is 6.79. The topological polar surface area (TPSA) is 88.4 Å². The van der Waals surface area contributed by atoms with Gasteiger partial charge in [0.05, 0.1) is 41.7 Å². The summed E-state index contributed by atoms with van der Waals surface area (Å²) < 4.78 is 39.6. The lowest BCUT2D eigenvalue weighted by atomic mass is 9.95. The maximum absolute atomic E-state index is 14.5. The number of carbonyl (C=O) groups is 1. The summed E-state index contributed by atoms with van der Waals surface area (Å²) in [5, 5.41) is 1.81. The molecule has 1 aliphatic heterocycles. The van der Waals surface area contributed by atoms with Crippen molar-refractivity contribution in [2.24, 2.45) is 4.99 Å². The van der Waals surface area contributed by atoms with Crippen molar-refractivity contribution in [3.05, 3.63) is 132 Å². The first-order valence-electron chi connectivity index (χ1n) is 15.6. The predicted molar refractivity (Wildman–Crippen MR) is 184 cm³/mol. The van der Waals surface area contributed by atoms with E-state index in [1.165, 1.54) is 22.0 Å². The van der Waals surface area contributed by atoms with Gasteiger partial charge in [-0.05, 0) is 74.4 Å². The van der Waals surface area contributed by atoms with Gasteiger partial charge in [0.25, 0.3) is 5.56 Å². The molecule has 0 unspecified atom stereocenters. The second kappa shape index (κ2) is 13.9. The molecule has 1 aromatic heterocycles. The molecule has 10 heteroatoms. The van der Waals surface area contributed by atoms with Gasteiger partial charge in [0.2, 0.25) is 0 Å².